The van der Waals surface area contributed by atoms with Crippen LogP contribution in [0.2, 0.25) is 0 Å². The molecule has 1 nitrogen and oxygen atoms in total. The lowest BCUT2D eigenvalue weighted by Gasteiger charge is -1.82. The Balaban J connectivity index is 3.69. The first-order valence-corrected chi connectivity index (χ1v) is 3.95. The highest BCUT2D eigenvalue weighted by molar-refractivity contribution is 9.12. The molecule has 0 aliphatic carbocycles. The SMILES string of the molecule is CCC/C=C(\Br)C(=O)[ClH+]. The molecule has 9 heavy (non-hydrogen) atoms. The van der Waals surface area contributed by atoms with Crippen molar-refractivity contribution in [3.05, 3.63) is 10.6 Å². The minimum Gasteiger partial charge on any atom is -0.219 e. The van der Waals surface area contributed by atoms with Crippen LogP contribution in [0.1, 0.15) is 19.8 Å². The summed E-state index contributed by atoms with van der Waals surface area (Å²) >= 11 is 7.41. The molecule has 0 aromatic carbocycles. The Labute approximate surface area is 68.2 Å². The largest absolute Gasteiger partial charge is 0.437 e. The monoisotopic (exact) mass is 211 g/mol. The van der Waals surface area contributed by atoms with Gasteiger partial charge >= 0.3 is 5.24 Å². The van der Waals surface area contributed by atoms with E-state index in [-0.39, 0.29) is 5.24 Å². The van der Waals surface area contributed by atoms with Crippen LogP contribution in [0, 0.1) is 11.6 Å². The zero-order valence-corrected chi connectivity index (χ0v) is 7.59. The summed E-state index contributed by atoms with van der Waals surface area (Å²) in [6.45, 7) is 2.05. The standard InChI is InChI=1S/C6H9BrClO/c1-2-3-4-5(7)6(8)9/h4,8H,2-3H2,1H3/q+1/b5-4-. The van der Waals surface area contributed by atoms with Crippen LogP contribution in [0.25, 0.3) is 0 Å². The zero-order chi connectivity index (χ0) is 7.28. The van der Waals surface area contributed by atoms with E-state index in [1.807, 2.05) is 6.92 Å². The van der Waals surface area contributed by atoms with E-state index in [9.17, 15) is 4.79 Å². The third-order valence-corrected chi connectivity index (χ3v) is 1.97. The summed E-state index contributed by atoms with van der Waals surface area (Å²) in [6.07, 6.45) is 3.75. The van der Waals surface area contributed by atoms with Gasteiger partial charge in [0.05, 0.1) is 0 Å². The topological polar surface area (TPSA) is 17.1 Å². The van der Waals surface area contributed by atoms with Crippen LogP contribution >= 0.6 is 15.9 Å². The van der Waals surface area contributed by atoms with Gasteiger partial charge in [-0.15, -0.1) is 0 Å². The Morgan fingerprint density at radius 1 is 1.78 bits per heavy atom. The quantitative estimate of drug-likeness (QED) is 0.516. The van der Waals surface area contributed by atoms with Gasteiger partial charge in [-0.1, -0.05) is 19.4 Å². The molecule has 0 aromatic heterocycles. The van der Waals surface area contributed by atoms with Crippen molar-refractivity contribution in [1.29, 1.82) is 0 Å². The zero-order valence-electron chi connectivity index (χ0n) is 5.19. The Hall–Kier alpha value is 0.180. The Bertz CT molecular complexity index is 131. The van der Waals surface area contributed by atoms with Gasteiger partial charge in [-0.3, -0.25) is 0 Å². The van der Waals surface area contributed by atoms with E-state index in [1.165, 1.54) is 0 Å². The molecule has 0 amide bonds. The lowest BCUT2D eigenvalue weighted by atomic mass is 10.3. The van der Waals surface area contributed by atoms with Gasteiger partial charge in [0.15, 0.2) is 11.6 Å². The maximum Gasteiger partial charge on any atom is 0.437 e. The minimum absolute atomic E-state index is 0.316. The maximum absolute atomic E-state index is 10.3. The maximum atomic E-state index is 10.3. The molecule has 52 valence electrons. The van der Waals surface area contributed by atoms with Crippen molar-refractivity contribution in [3.63, 3.8) is 0 Å². The Morgan fingerprint density at radius 3 is 2.67 bits per heavy atom. The average Bonchev–Trinajstić information content (AvgIpc) is 1.82. The molecule has 0 atom stereocenters. The summed E-state index contributed by atoms with van der Waals surface area (Å²) in [7, 11) is 0. The van der Waals surface area contributed by atoms with E-state index in [0.717, 1.165) is 12.8 Å². The number of unbranched alkanes of at least 4 members (excludes halogenated alkanes) is 1. The van der Waals surface area contributed by atoms with Crippen molar-refractivity contribution < 1.29 is 16.4 Å². The second kappa shape index (κ2) is 5.00. The van der Waals surface area contributed by atoms with Crippen LogP contribution in [0.15, 0.2) is 10.6 Å². The molecule has 0 aromatic rings. The number of hydrogen-bond acceptors (Lipinski definition) is 1. The van der Waals surface area contributed by atoms with E-state index in [1.54, 1.807) is 6.08 Å². The number of carbonyl (C=O) groups is 1. The molecule has 0 N–H and O–H groups in total. The highest BCUT2D eigenvalue weighted by atomic mass is 79.9. The van der Waals surface area contributed by atoms with Gasteiger partial charge in [0.2, 0.25) is 0 Å². The summed E-state index contributed by atoms with van der Waals surface area (Å²) in [5.41, 5.74) is 0. The molecule has 0 unspecified atom stereocenters. The van der Waals surface area contributed by atoms with E-state index < -0.39 is 0 Å². The van der Waals surface area contributed by atoms with Gasteiger partial charge in [-0.05, 0) is 22.4 Å². The van der Waals surface area contributed by atoms with Crippen molar-refractivity contribution in [1.82, 2.24) is 0 Å². The molecule has 3 heteroatoms. The number of hydrogen-bond donors (Lipinski definition) is 0. The number of allylic oxidation sites excluding steroid dienone is 2. The molecule has 0 fully saturated rings. The summed E-state index contributed by atoms with van der Waals surface area (Å²) in [6, 6.07) is 0. The first-order valence-electron chi connectivity index (χ1n) is 2.75. The second-order valence-corrected chi connectivity index (χ2v) is 2.85. The Kier molecular flexibility index (Phi) is 5.10. The van der Waals surface area contributed by atoms with Crippen LogP contribution in [-0.2, 0) is 4.79 Å². The van der Waals surface area contributed by atoms with Gasteiger partial charge in [-0.25, -0.2) is 4.79 Å². The molecule has 0 saturated heterocycles. The fraction of sp³-hybridized carbons (Fsp3) is 0.500. The molecule has 0 bridgehead atoms. The van der Waals surface area contributed by atoms with Crippen LogP contribution in [0.4, 0.5) is 0 Å². The predicted molar refractivity (Wildman–Crippen MR) is 38.3 cm³/mol. The second-order valence-electron chi connectivity index (χ2n) is 1.63. The molecule has 0 heterocycles. The summed E-state index contributed by atoms with van der Waals surface area (Å²) in [5.74, 6) is 0. The molecule has 0 saturated carbocycles. The van der Waals surface area contributed by atoms with Crippen LogP contribution in [-0.4, -0.2) is 5.24 Å². The third-order valence-electron chi connectivity index (χ3n) is 0.807. The number of carbonyl (C=O) groups excluding carboxylic acids is 1. The third kappa shape index (κ3) is 4.67. The molecule has 0 radical (unpaired) electrons. The van der Waals surface area contributed by atoms with Gasteiger partial charge in [-0.2, -0.15) is 0 Å². The first-order chi connectivity index (χ1) is 4.18. The molecule has 0 spiro atoms. The molecule has 0 aliphatic heterocycles. The number of rotatable bonds is 3. The molecule has 0 rings (SSSR count). The van der Waals surface area contributed by atoms with Gasteiger partial charge in [0.1, 0.15) is 4.48 Å². The smallest absolute Gasteiger partial charge is 0.219 e. The van der Waals surface area contributed by atoms with Crippen LogP contribution < -0.4 is 0 Å². The van der Waals surface area contributed by atoms with E-state index in [0.29, 0.717) is 4.48 Å². The summed E-state index contributed by atoms with van der Waals surface area (Å²) in [5, 5.41) is -0.316. The normalized spacial score (nSPS) is 11.7. The lowest BCUT2D eigenvalue weighted by molar-refractivity contribution is -0.298. The van der Waals surface area contributed by atoms with Gasteiger partial charge < -0.3 is 0 Å². The van der Waals surface area contributed by atoms with Crippen molar-refractivity contribution >= 4 is 21.2 Å². The highest BCUT2D eigenvalue weighted by Gasteiger charge is 2.07. The summed E-state index contributed by atoms with van der Waals surface area (Å²) in [4.78, 5) is 10.3. The molecular weight excluding hydrogens is 203 g/mol. The van der Waals surface area contributed by atoms with E-state index >= 15 is 0 Å². The average molecular weight is 212 g/mol. The summed E-state index contributed by atoms with van der Waals surface area (Å²) < 4.78 is 0.513. The van der Waals surface area contributed by atoms with E-state index in [2.05, 4.69) is 27.5 Å². The fourth-order valence-electron chi connectivity index (χ4n) is 0.354. The lowest BCUT2D eigenvalue weighted by Crippen LogP contribution is -1.88. The van der Waals surface area contributed by atoms with Crippen LogP contribution in [0.3, 0.4) is 0 Å². The van der Waals surface area contributed by atoms with Crippen molar-refractivity contribution in [2.45, 2.75) is 19.8 Å². The van der Waals surface area contributed by atoms with Gasteiger partial charge in [0, 0.05) is 0 Å². The molecule has 0 aliphatic rings. The van der Waals surface area contributed by atoms with Crippen LogP contribution in [0.5, 0.6) is 0 Å². The van der Waals surface area contributed by atoms with Gasteiger partial charge in [0.25, 0.3) is 0 Å². The number of halogens is 2. The Morgan fingerprint density at radius 2 is 2.33 bits per heavy atom. The first kappa shape index (κ1) is 9.18. The van der Waals surface area contributed by atoms with E-state index in [4.69, 9.17) is 0 Å². The van der Waals surface area contributed by atoms with Crippen molar-refractivity contribution in [2.75, 3.05) is 0 Å². The van der Waals surface area contributed by atoms with Crippen molar-refractivity contribution in [2.24, 2.45) is 0 Å². The molecular formula is C6H9BrClO+. The predicted octanol–water partition coefficient (Wildman–Crippen LogP) is 1.87. The highest BCUT2D eigenvalue weighted by Crippen LogP contribution is 2.06. The fourth-order valence-corrected chi connectivity index (χ4v) is 0.667. The van der Waals surface area contributed by atoms with Crippen molar-refractivity contribution in [3.8, 4) is 0 Å². The minimum atomic E-state index is -0.316.